The van der Waals surface area contributed by atoms with Crippen LogP contribution in [0, 0.1) is 22.7 Å². The van der Waals surface area contributed by atoms with E-state index in [1.807, 2.05) is 44.2 Å². The monoisotopic (exact) mass is 286 g/mol. The number of carbonyl (C=O) groups excluding carboxylic acids is 1. The highest BCUT2D eigenvalue weighted by Gasteiger charge is 2.34. The van der Waals surface area contributed by atoms with Gasteiger partial charge in [-0.2, -0.15) is 5.26 Å². The van der Waals surface area contributed by atoms with Crippen LogP contribution in [-0.4, -0.2) is 24.1 Å². The summed E-state index contributed by atoms with van der Waals surface area (Å²) < 4.78 is 5.34. The Morgan fingerprint density at radius 2 is 1.95 bits per heavy atom. The molecule has 0 aromatic heterocycles. The molecule has 1 aromatic rings. The number of nitrogens with zero attached hydrogens (tertiary/aromatic N) is 2. The summed E-state index contributed by atoms with van der Waals surface area (Å²) in [5.41, 5.74) is 0.673. The van der Waals surface area contributed by atoms with Crippen molar-refractivity contribution in [2.24, 2.45) is 11.3 Å². The molecule has 0 spiro atoms. The lowest BCUT2D eigenvalue weighted by Gasteiger charge is -2.36. The lowest BCUT2D eigenvalue weighted by atomic mass is 9.75. The van der Waals surface area contributed by atoms with Gasteiger partial charge in [-0.1, -0.05) is 30.3 Å². The molecule has 112 valence electrons. The van der Waals surface area contributed by atoms with Crippen LogP contribution in [0.5, 0.6) is 0 Å². The molecule has 0 bridgehead atoms. The van der Waals surface area contributed by atoms with Crippen molar-refractivity contribution in [3.8, 4) is 6.07 Å². The molecular formula is C17H22N2O2. The smallest absolute Gasteiger partial charge is 0.410 e. The van der Waals surface area contributed by atoms with Crippen LogP contribution in [0.15, 0.2) is 30.3 Å². The first-order valence-electron chi connectivity index (χ1n) is 7.40. The molecule has 1 amide bonds. The van der Waals surface area contributed by atoms with Gasteiger partial charge >= 0.3 is 6.09 Å². The van der Waals surface area contributed by atoms with Crippen molar-refractivity contribution in [2.75, 3.05) is 13.1 Å². The molecule has 0 atom stereocenters. The minimum absolute atomic E-state index is 0.257. The third-order valence-electron chi connectivity index (χ3n) is 4.27. The van der Waals surface area contributed by atoms with Crippen molar-refractivity contribution in [1.82, 2.24) is 4.90 Å². The zero-order valence-corrected chi connectivity index (χ0v) is 12.7. The number of nitriles is 1. The molecule has 0 saturated carbocycles. The van der Waals surface area contributed by atoms with Gasteiger partial charge in [-0.05, 0) is 38.2 Å². The van der Waals surface area contributed by atoms with E-state index in [0.29, 0.717) is 25.6 Å². The molecule has 0 radical (unpaired) electrons. The summed E-state index contributed by atoms with van der Waals surface area (Å²) in [4.78, 5) is 13.8. The molecule has 4 heteroatoms. The van der Waals surface area contributed by atoms with Crippen molar-refractivity contribution >= 4 is 6.09 Å². The molecule has 2 rings (SSSR count). The van der Waals surface area contributed by atoms with Crippen molar-refractivity contribution in [1.29, 1.82) is 5.26 Å². The molecule has 1 heterocycles. The Bertz CT molecular complexity index is 511. The summed E-state index contributed by atoms with van der Waals surface area (Å²) in [6.07, 6.45) is 1.47. The SMILES string of the molecule is CC(C)(C#N)C1CCN(C(=O)OCc2ccccc2)CC1. The second-order valence-electron chi connectivity index (χ2n) is 6.13. The van der Waals surface area contributed by atoms with Crippen LogP contribution in [0.4, 0.5) is 4.79 Å². The number of hydrogen-bond donors (Lipinski definition) is 0. The lowest BCUT2D eigenvalue weighted by Crippen LogP contribution is -2.41. The molecule has 1 aliphatic heterocycles. The molecule has 4 nitrogen and oxygen atoms in total. The first kappa shape index (κ1) is 15.4. The number of amides is 1. The first-order valence-corrected chi connectivity index (χ1v) is 7.40. The van der Waals surface area contributed by atoms with Gasteiger partial charge in [0.15, 0.2) is 0 Å². The number of benzene rings is 1. The maximum atomic E-state index is 12.0. The van der Waals surface area contributed by atoms with Gasteiger partial charge in [0, 0.05) is 13.1 Å². The van der Waals surface area contributed by atoms with Crippen molar-refractivity contribution in [3.63, 3.8) is 0 Å². The van der Waals surface area contributed by atoms with Crippen LogP contribution >= 0.6 is 0 Å². The molecule has 0 unspecified atom stereocenters. The second-order valence-corrected chi connectivity index (χ2v) is 6.13. The third-order valence-corrected chi connectivity index (χ3v) is 4.27. The highest BCUT2D eigenvalue weighted by molar-refractivity contribution is 5.67. The minimum atomic E-state index is -0.319. The summed E-state index contributed by atoms with van der Waals surface area (Å²) in [5.74, 6) is 0.348. The maximum Gasteiger partial charge on any atom is 0.410 e. The Morgan fingerprint density at radius 3 is 2.52 bits per heavy atom. The third kappa shape index (κ3) is 3.98. The van der Waals surface area contributed by atoms with Crippen LogP contribution in [0.1, 0.15) is 32.3 Å². The zero-order chi connectivity index (χ0) is 15.3. The fraction of sp³-hybridized carbons (Fsp3) is 0.529. The number of ether oxygens (including phenoxy) is 1. The maximum absolute atomic E-state index is 12.0. The van der Waals surface area contributed by atoms with E-state index in [1.54, 1.807) is 4.90 Å². The highest BCUT2D eigenvalue weighted by atomic mass is 16.6. The second kappa shape index (κ2) is 6.62. The van der Waals surface area contributed by atoms with Crippen molar-refractivity contribution < 1.29 is 9.53 Å². The standard InChI is InChI=1S/C17H22N2O2/c1-17(2,13-18)15-8-10-19(11-9-15)16(20)21-12-14-6-4-3-5-7-14/h3-7,15H,8-12H2,1-2H3. The number of piperidine rings is 1. The van der Waals surface area contributed by atoms with E-state index in [1.165, 1.54) is 0 Å². The van der Waals surface area contributed by atoms with E-state index in [4.69, 9.17) is 4.74 Å². The van der Waals surface area contributed by atoms with Gasteiger partial charge in [0.25, 0.3) is 0 Å². The number of likely N-dealkylation sites (tertiary alicyclic amines) is 1. The Morgan fingerprint density at radius 1 is 1.33 bits per heavy atom. The molecule has 21 heavy (non-hydrogen) atoms. The average Bonchev–Trinajstić information content (AvgIpc) is 2.53. The molecule has 0 aliphatic carbocycles. The van der Waals surface area contributed by atoms with E-state index in [0.717, 1.165) is 18.4 Å². The lowest BCUT2D eigenvalue weighted by molar-refractivity contribution is 0.0718. The predicted molar refractivity (Wildman–Crippen MR) is 80.3 cm³/mol. The molecule has 1 fully saturated rings. The quantitative estimate of drug-likeness (QED) is 0.853. The first-order chi connectivity index (χ1) is 10.0. The van der Waals surface area contributed by atoms with Gasteiger partial charge in [-0.25, -0.2) is 4.79 Å². The van der Waals surface area contributed by atoms with Crippen molar-refractivity contribution in [2.45, 2.75) is 33.3 Å². The Labute approximate surface area is 126 Å². The van der Waals surface area contributed by atoms with Crippen molar-refractivity contribution in [3.05, 3.63) is 35.9 Å². The van der Waals surface area contributed by atoms with Crippen LogP contribution in [0.2, 0.25) is 0 Å². The Balaban J connectivity index is 1.80. The fourth-order valence-corrected chi connectivity index (χ4v) is 2.69. The van der Waals surface area contributed by atoms with E-state index in [9.17, 15) is 10.1 Å². The molecule has 1 saturated heterocycles. The predicted octanol–water partition coefficient (Wildman–Crippen LogP) is 3.58. The van der Waals surface area contributed by atoms with Crippen LogP contribution in [0.3, 0.4) is 0 Å². The molecule has 0 N–H and O–H groups in total. The summed E-state index contributed by atoms with van der Waals surface area (Å²) in [7, 11) is 0. The van der Waals surface area contributed by atoms with Gasteiger partial charge in [-0.15, -0.1) is 0 Å². The Hall–Kier alpha value is -2.02. The summed E-state index contributed by atoms with van der Waals surface area (Å²) >= 11 is 0. The van der Waals surface area contributed by atoms with E-state index >= 15 is 0 Å². The van der Waals surface area contributed by atoms with Gasteiger partial charge in [-0.3, -0.25) is 0 Å². The fourth-order valence-electron chi connectivity index (χ4n) is 2.69. The topological polar surface area (TPSA) is 53.3 Å². The van der Waals surface area contributed by atoms with Crippen LogP contribution in [-0.2, 0) is 11.3 Å². The number of rotatable bonds is 3. The summed E-state index contributed by atoms with van der Waals surface area (Å²) in [6, 6.07) is 12.0. The number of carbonyl (C=O) groups is 1. The Kier molecular flexibility index (Phi) is 4.85. The van der Waals surface area contributed by atoms with Gasteiger partial charge in [0.1, 0.15) is 6.61 Å². The largest absolute Gasteiger partial charge is 0.445 e. The summed E-state index contributed by atoms with van der Waals surface area (Å²) in [5, 5.41) is 9.18. The van der Waals surface area contributed by atoms with Crippen LogP contribution < -0.4 is 0 Å². The normalized spacial score (nSPS) is 16.3. The summed E-state index contributed by atoms with van der Waals surface area (Å²) in [6.45, 7) is 5.60. The molecule has 1 aromatic carbocycles. The van der Waals surface area contributed by atoms with Crippen LogP contribution in [0.25, 0.3) is 0 Å². The van der Waals surface area contributed by atoms with E-state index in [-0.39, 0.29) is 11.5 Å². The van der Waals surface area contributed by atoms with Gasteiger partial charge < -0.3 is 9.64 Å². The van der Waals surface area contributed by atoms with Gasteiger partial charge in [0.05, 0.1) is 11.5 Å². The number of hydrogen-bond acceptors (Lipinski definition) is 3. The van der Waals surface area contributed by atoms with E-state index in [2.05, 4.69) is 6.07 Å². The highest BCUT2D eigenvalue weighted by Crippen LogP contribution is 2.34. The minimum Gasteiger partial charge on any atom is -0.445 e. The molecular weight excluding hydrogens is 264 g/mol. The van der Waals surface area contributed by atoms with E-state index < -0.39 is 0 Å². The molecule has 1 aliphatic rings. The zero-order valence-electron chi connectivity index (χ0n) is 12.7. The average molecular weight is 286 g/mol. The van der Waals surface area contributed by atoms with Gasteiger partial charge in [0.2, 0.25) is 0 Å².